The summed E-state index contributed by atoms with van der Waals surface area (Å²) < 4.78 is 6.26. The van der Waals surface area contributed by atoms with Crippen LogP contribution in [0.3, 0.4) is 0 Å². The summed E-state index contributed by atoms with van der Waals surface area (Å²) in [6.45, 7) is 0. The van der Waals surface area contributed by atoms with Gasteiger partial charge in [0.25, 0.3) is 0 Å². The molecule has 0 radical (unpaired) electrons. The second kappa shape index (κ2) is 9.57. The number of fused-ring (bicyclic) bond motifs is 10. The van der Waals surface area contributed by atoms with Crippen LogP contribution >= 0.6 is 22.7 Å². The minimum Gasteiger partial charge on any atom is -0.308 e. The maximum Gasteiger partial charge on any atom is 0.163 e. The van der Waals surface area contributed by atoms with Crippen LogP contribution in [0.1, 0.15) is 0 Å². The highest BCUT2D eigenvalue weighted by Gasteiger charge is 2.22. The summed E-state index contributed by atoms with van der Waals surface area (Å²) in [5.41, 5.74) is 6.50. The molecule has 10 aromatic rings. The summed E-state index contributed by atoms with van der Waals surface area (Å²) >= 11 is 3.60. The van der Waals surface area contributed by atoms with Crippen LogP contribution in [-0.2, 0) is 0 Å². The van der Waals surface area contributed by atoms with Gasteiger partial charge in [0.05, 0.1) is 22.4 Å². The molecule has 0 spiro atoms. The van der Waals surface area contributed by atoms with Crippen LogP contribution in [0.2, 0.25) is 0 Å². The molecule has 0 bridgehead atoms. The van der Waals surface area contributed by atoms with Gasteiger partial charge in [-0.15, -0.1) is 22.7 Å². The van der Waals surface area contributed by atoms with E-state index in [2.05, 4.69) is 144 Å². The van der Waals surface area contributed by atoms with Crippen molar-refractivity contribution in [3.05, 3.63) is 140 Å². The van der Waals surface area contributed by atoms with Gasteiger partial charge in [0.2, 0.25) is 0 Å². The highest BCUT2D eigenvalue weighted by molar-refractivity contribution is 7.26. The first kappa shape index (κ1) is 25.0. The van der Waals surface area contributed by atoms with E-state index in [1.165, 1.54) is 52.1 Å². The molecule has 4 aromatic heterocycles. The number of aromatic nitrogens is 3. The van der Waals surface area contributed by atoms with Crippen LogP contribution in [0.25, 0.3) is 90.6 Å². The fourth-order valence-electron chi connectivity index (χ4n) is 6.94. The standard InChI is InChI=1S/C40H23N3S2/c1-2-12-24(13-3-1)38-37-28-17-7-11-21-33(28)45-40(37)42-39(41-38)26-15-5-9-19-30(26)43-29-18-8-4-14-25(29)35-31(43)22-23-34-36(35)27-16-6-10-20-32(27)44-34/h1-23H. The second-order valence-electron chi connectivity index (χ2n) is 11.3. The second-order valence-corrected chi connectivity index (χ2v) is 13.5. The topological polar surface area (TPSA) is 30.7 Å². The predicted octanol–water partition coefficient (Wildman–Crippen LogP) is 11.6. The molecule has 0 saturated carbocycles. The molecule has 0 N–H and O–H groups in total. The zero-order valence-corrected chi connectivity index (χ0v) is 25.6. The lowest BCUT2D eigenvalue weighted by atomic mass is 10.1. The van der Waals surface area contributed by atoms with Crippen molar-refractivity contribution in [3.8, 4) is 28.3 Å². The lowest BCUT2D eigenvalue weighted by Crippen LogP contribution is -2.00. The van der Waals surface area contributed by atoms with Crippen LogP contribution in [0.5, 0.6) is 0 Å². The van der Waals surface area contributed by atoms with Crippen molar-refractivity contribution in [1.82, 2.24) is 14.5 Å². The van der Waals surface area contributed by atoms with Crippen molar-refractivity contribution in [1.29, 1.82) is 0 Å². The largest absolute Gasteiger partial charge is 0.308 e. The third-order valence-corrected chi connectivity index (χ3v) is 11.0. The van der Waals surface area contributed by atoms with E-state index in [9.17, 15) is 0 Å². The van der Waals surface area contributed by atoms with Crippen molar-refractivity contribution in [2.45, 2.75) is 0 Å². The molecule has 0 unspecified atom stereocenters. The van der Waals surface area contributed by atoms with Crippen LogP contribution in [-0.4, -0.2) is 14.5 Å². The highest BCUT2D eigenvalue weighted by atomic mass is 32.1. The van der Waals surface area contributed by atoms with Gasteiger partial charge in [-0.2, -0.15) is 0 Å². The Morgan fingerprint density at radius 2 is 1.11 bits per heavy atom. The molecule has 0 fully saturated rings. The molecule has 6 aromatic carbocycles. The average molecular weight is 610 g/mol. The van der Waals surface area contributed by atoms with Crippen molar-refractivity contribution in [3.63, 3.8) is 0 Å². The van der Waals surface area contributed by atoms with Crippen molar-refractivity contribution >= 4 is 85.0 Å². The fraction of sp³-hybridized carbons (Fsp3) is 0. The molecule has 10 rings (SSSR count). The smallest absolute Gasteiger partial charge is 0.163 e. The Balaban J connectivity index is 1.31. The summed E-state index contributed by atoms with van der Waals surface area (Å²) in [7, 11) is 0. The first-order chi connectivity index (χ1) is 22.3. The number of hydrogen-bond acceptors (Lipinski definition) is 4. The molecule has 45 heavy (non-hydrogen) atoms. The Bertz CT molecular complexity index is 2770. The summed E-state index contributed by atoms with van der Waals surface area (Å²) in [5.74, 6) is 0.733. The Hall–Kier alpha value is -5.36. The van der Waals surface area contributed by atoms with E-state index < -0.39 is 0 Å². The molecule has 210 valence electrons. The summed E-state index contributed by atoms with van der Waals surface area (Å²) in [6.07, 6.45) is 0. The Labute approximate surface area is 266 Å². The van der Waals surface area contributed by atoms with E-state index in [4.69, 9.17) is 9.97 Å². The minimum atomic E-state index is 0.733. The van der Waals surface area contributed by atoms with Gasteiger partial charge in [0.15, 0.2) is 5.82 Å². The van der Waals surface area contributed by atoms with E-state index in [1.807, 2.05) is 11.3 Å². The number of para-hydroxylation sites is 2. The van der Waals surface area contributed by atoms with Crippen LogP contribution < -0.4 is 0 Å². The quantitative estimate of drug-likeness (QED) is 0.199. The number of nitrogens with zero attached hydrogens (tertiary/aromatic N) is 3. The summed E-state index contributed by atoms with van der Waals surface area (Å²) in [4.78, 5) is 11.6. The normalized spacial score (nSPS) is 12.0. The molecule has 0 amide bonds. The lowest BCUT2D eigenvalue weighted by molar-refractivity contribution is 1.16. The van der Waals surface area contributed by atoms with Crippen LogP contribution in [0.15, 0.2) is 140 Å². The van der Waals surface area contributed by atoms with Gasteiger partial charge in [-0.3, -0.25) is 0 Å². The number of hydrogen-bond donors (Lipinski definition) is 0. The predicted molar refractivity (Wildman–Crippen MR) is 193 cm³/mol. The van der Waals surface area contributed by atoms with E-state index in [1.54, 1.807) is 11.3 Å². The van der Waals surface area contributed by atoms with Gasteiger partial charge in [-0.1, -0.05) is 97.1 Å². The molecule has 0 aliphatic rings. The first-order valence-electron chi connectivity index (χ1n) is 15.0. The molecule has 0 atom stereocenters. The van der Waals surface area contributed by atoms with Gasteiger partial charge in [-0.25, -0.2) is 9.97 Å². The van der Waals surface area contributed by atoms with Crippen molar-refractivity contribution in [2.75, 3.05) is 0 Å². The summed E-state index contributed by atoms with van der Waals surface area (Å²) in [5, 5.41) is 7.50. The maximum atomic E-state index is 5.36. The third kappa shape index (κ3) is 3.62. The molecule has 4 heterocycles. The fourth-order valence-corrected chi connectivity index (χ4v) is 9.13. The zero-order valence-electron chi connectivity index (χ0n) is 23.9. The van der Waals surface area contributed by atoms with Gasteiger partial charge < -0.3 is 4.57 Å². The molecular formula is C40H23N3S2. The molecule has 3 nitrogen and oxygen atoms in total. The van der Waals surface area contributed by atoms with Gasteiger partial charge in [0.1, 0.15) is 4.83 Å². The lowest BCUT2D eigenvalue weighted by Gasteiger charge is -2.14. The van der Waals surface area contributed by atoms with Gasteiger partial charge >= 0.3 is 0 Å². The average Bonchev–Trinajstić information content (AvgIpc) is 3.77. The van der Waals surface area contributed by atoms with Crippen molar-refractivity contribution in [2.24, 2.45) is 0 Å². The Kier molecular flexibility index (Phi) is 5.32. The molecule has 0 aliphatic carbocycles. The Morgan fingerprint density at radius 3 is 1.96 bits per heavy atom. The zero-order chi connectivity index (χ0) is 29.5. The third-order valence-electron chi connectivity index (χ3n) is 8.85. The number of thiophene rings is 2. The molecule has 0 aliphatic heterocycles. The molecular weight excluding hydrogens is 587 g/mol. The van der Waals surface area contributed by atoms with E-state index in [-0.39, 0.29) is 0 Å². The first-order valence-corrected chi connectivity index (χ1v) is 16.6. The number of benzene rings is 6. The van der Waals surface area contributed by atoms with Gasteiger partial charge in [-0.05, 0) is 42.5 Å². The monoisotopic (exact) mass is 609 g/mol. The Morgan fingerprint density at radius 1 is 0.444 bits per heavy atom. The van der Waals surface area contributed by atoms with Crippen LogP contribution in [0.4, 0.5) is 0 Å². The SMILES string of the molecule is c1ccc(-c2nc(-c3ccccc3-n3c4ccccc4c4c5c(ccc43)sc3ccccc35)nc3sc4ccccc4c23)cc1. The van der Waals surface area contributed by atoms with E-state index in [0.29, 0.717) is 0 Å². The maximum absolute atomic E-state index is 5.36. The van der Waals surface area contributed by atoms with E-state index >= 15 is 0 Å². The van der Waals surface area contributed by atoms with Crippen molar-refractivity contribution < 1.29 is 0 Å². The number of rotatable bonds is 3. The molecule has 0 saturated heterocycles. The van der Waals surface area contributed by atoms with Gasteiger partial charge in [0, 0.05) is 57.5 Å². The van der Waals surface area contributed by atoms with Crippen LogP contribution in [0, 0.1) is 0 Å². The molecule has 5 heteroatoms. The highest BCUT2D eigenvalue weighted by Crippen LogP contribution is 2.45. The van der Waals surface area contributed by atoms with E-state index in [0.717, 1.165) is 38.5 Å². The summed E-state index contributed by atoms with van der Waals surface area (Å²) in [6, 6.07) is 49.8. The minimum absolute atomic E-state index is 0.733.